The summed E-state index contributed by atoms with van der Waals surface area (Å²) in [4.78, 5) is 42.5. The van der Waals surface area contributed by atoms with Gasteiger partial charge in [0.05, 0.1) is 12.6 Å². The molecule has 3 unspecified atom stereocenters. The van der Waals surface area contributed by atoms with Crippen molar-refractivity contribution in [1.82, 2.24) is 4.90 Å². The van der Waals surface area contributed by atoms with Crippen molar-refractivity contribution in [2.45, 2.75) is 77.4 Å². The van der Waals surface area contributed by atoms with Crippen LogP contribution in [0.1, 0.15) is 59.3 Å². The zero-order valence-electron chi connectivity index (χ0n) is 22.1. The van der Waals surface area contributed by atoms with E-state index in [-0.39, 0.29) is 25.3 Å². The van der Waals surface area contributed by atoms with Crippen molar-refractivity contribution in [3.63, 3.8) is 0 Å². The van der Waals surface area contributed by atoms with Crippen LogP contribution in [0.3, 0.4) is 0 Å². The largest absolute Gasteiger partial charge is 0.480 e. The number of nitrogens with zero attached hydrogens (tertiary/aromatic N) is 1. The van der Waals surface area contributed by atoms with Crippen LogP contribution in [0.25, 0.3) is 0 Å². The van der Waals surface area contributed by atoms with Crippen molar-refractivity contribution < 1.29 is 34.5 Å². The molecular formula is C22H51N7O7. The molecule has 0 spiro atoms. The first-order valence-corrected chi connectivity index (χ1v) is 12.0. The highest BCUT2D eigenvalue weighted by atomic mass is 16.4. The highest BCUT2D eigenvalue weighted by molar-refractivity contribution is 5.82. The number of hydrogen-bond acceptors (Lipinski definition) is 11. The summed E-state index contributed by atoms with van der Waals surface area (Å²) in [6.07, 6.45) is 6.12. The molecule has 0 aromatic rings. The van der Waals surface area contributed by atoms with Crippen molar-refractivity contribution in [3.05, 3.63) is 0 Å². The van der Waals surface area contributed by atoms with Crippen molar-refractivity contribution in [3.8, 4) is 0 Å². The minimum Gasteiger partial charge on any atom is -0.480 e. The summed E-state index contributed by atoms with van der Waals surface area (Å²) < 4.78 is 0. The molecule has 0 amide bonds. The number of unbranched alkanes of at least 4 members (excludes halogenated alkanes) is 3. The Labute approximate surface area is 214 Å². The molecule has 0 aromatic heterocycles. The lowest BCUT2D eigenvalue weighted by atomic mass is 10.1. The zero-order chi connectivity index (χ0) is 29.1. The first-order chi connectivity index (χ1) is 16.7. The number of carboxylic acid groups (broad SMARTS) is 3. The van der Waals surface area contributed by atoms with E-state index in [1.807, 2.05) is 11.8 Å². The Kier molecular flexibility index (Phi) is 33.0. The number of ketones is 1. The molecule has 0 rings (SSSR count). The van der Waals surface area contributed by atoms with Crippen LogP contribution in [0.5, 0.6) is 0 Å². The number of carbonyl (C=O) groups is 4. The third-order valence-electron chi connectivity index (χ3n) is 4.32. The van der Waals surface area contributed by atoms with E-state index in [4.69, 9.17) is 49.7 Å². The number of Topliss-reactive ketones (excluding diaryl/α,β-unsaturated/α-hetero) is 1. The summed E-state index contributed by atoms with van der Waals surface area (Å²) in [7, 11) is 0. The quantitative estimate of drug-likeness (QED) is 0.102. The molecule has 14 heteroatoms. The SMILES string of the molecule is CC(=O)C(N)CC(N)C(=O)O.CCCCCCN.CCCN(CCN)CC(=O)O.NCC(N)C(=O)O. The minimum absolute atomic E-state index is 0.00463. The fourth-order valence-corrected chi connectivity index (χ4v) is 2.17. The maximum absolute atomic E-state index is 10.5. The summed E-state index contributed by atoms with van der Waals surface area (Å²) >= 11 is 0. The van der Waals surface area contributed by atoms with Crippen molar-refractivity contribution in [2.24, 2.45) is 34.4 Å². The lowest BCUT2D eigenvalue weighted by molar-refractivity contribution is -0.139. The Bertz CT molecular complexity index is 541. The van der Waals surface area contributed by atoms with E-state index < -0.39 is 36.0 Å². The molecule has 0 fully saturated rings. The Hall–Kier alpha value is -2.20. The molecule has 3 atom stereocenters. The highest BCUT2D eigenvalue weighted by Crippen LogP contribution is 1.95. The van der Waals surface area contributed by atoms with Gasteiger partial charge in [-0.2, -0.15) is 0 Å². The lowest BCUT2D eigenvalue weighted by Crippen LogP contribution is -2.40. The van der Waals surface area contributed by atoms with Crippen LogP contribution in [0, 0.1) is 0 Å². The Morgan fingerprint density at radius 2 is 1.25 bits per heavy atom. The normalized spacial score (nSPS) is 12.4. The maximum atomic E-state index is 10.5. The van der Waals surface area contributed by atoms with Crippen LogP contribution < -0.4 is 34.4 Å². The van der Waals surface area contributed by atoms with Crippen LogP contribution >= 0.6 is 0 Å². The van der Waals surface area contributed by atoms with Gasteiger partial charge in [0.2, 0.25) is 0 Å². The smallest absolute Gasteiger partial charge is 0.321 e. The summed E-state index contributed by atoms with van der Waals surface area (Å²) in [5, 5.41) is 24.8. The second-order valence-electron chi connectivity index (χ2n) is 7.89. The fraction of sp³-hybridized carbons (Fsp3) is 0.818. The predicted molar refractivity (Wildman–Crippen MR) is 140 cm³/mol. The zero-order valence-corrected chi connectivity index (χ0v) is 22.1. The molecule has 0 saturated carbocycles. The lowest BCUT2D eigenvalue weighted by Gasteiger charge is -2.17. The van der Waals surface area contributed by atoms with E-state index in [9.17, 15) is 19.2 Å². The molecule has 0 heterocycles. The van der Waals surface area contributed by atoms with E-state index >= 15 is 0 Å². The molecule has 0 aromatic carbocycles. The predicted octanol–water partition coefficient (Wildman–Crippen LogP) is -1.67. The summed E-state index contributed by atoms with van der Waals surface area (Å²) in [5.74, 6) is -3.22. The highest BCUT2D eigenvalue weighted by Gasteiger charge is 2.18. The molecule has 216 valence electrons. The molecule has 0 saturated heterocycles. The number of carbonyl (C=O) groups excluding carboxylic acids is 1. The van der Waals surface area contributed by atoms with E-state index in [0.29, 0.717) is 13.1 Å². The minimum atomic E-state index is -1.14. The molecule has 0 aliphatic heterocycles. The molecule has 36 heavy (non-hydrogen) atoms. The molecule has 15 N–H and O–H groups in total. The standard InChI is InChI=1S/C7H16N2O2.C6H12N2O3.C6H15N.C3H8N2O2/c1-2-4-9(5-3-8)6-7(10)11;1-3(9)4(7)2-5(8)6(10)11;1-2-3-4-5-6-7;4-1-2(5)3(6)7/h2-6,8H2,1H3,(H,10,11);4-5H,2,7-8H2,1H3,(H,10,11);2-7H2,1H3;2H,1,4-5H2,(H,6,7). The number of aliphatic carboxylic acids is 3. The molecule has 14 nitrogen and oxygen atoms in total. The molecule has 0 radical (unpaired) electrons. The van der Waals surface area contributed by atoms with Crippen LogP contribution in [-0.2, 0) is 19.2 Å². The van der Waals surface area contributed by atoms with Gasteiger partial charge >= 0.3 is 17.9 Å². The van der Waals surface area contributed by atoms with Crippen LogP contribution in [0.15, 0.2) is 0 Å². The van der Waals surface area contributed by atoms with E-state index in [1.54, 1.807) is 0 Å². The summed E-state index contributed by atoms with van der Waals surface area (Å²) in [5.41, 5.74) is 30.7. The van der Waals surface area contributed by atoms with Gasteiger partial charge in [0.15, 0.2) is 0 Å². The first-order valence-electron chi connectivity index (χ1n) is 12.0. The molecule has 0 aliphatic rings. The van der Waals surface area contributed by atoms with Gasteiger partial charge in [-0.05, 0) is 39.3 Å². The number of nitrogens with two attached hydrogens (primary N) is 6. The second kappa shape index (κ2) is 29.0. The summed E-state index contributed by atoms with van der Waals surface area (Å²) in [6, 6.07) is -2.71. The first kappa shape index (κ1) is 40.9. The topological polar surface area (TPSA) is 288 Å². The molecule has 0 bridgehead atoms. The van der Waals surface area contributed by atoms with Crippen LogP contribution in [0.2, 0.25) is 0 Å². The molecular weight excluding hydrogens is 474 g/mol. The van der Waals surface area contributed by atoms with Crippen molar-refractivity contribution >= 4 is 23.7 Å². The maximum Gasteiger partial charge on any atom is 0.321 e. The van der Waals surface area contributed by atoms with E-state index in [1.165, 1.54) is 32.6 Å². The summed E-state index contributed by atoms with van der Waals surface area (Å²) in [6.45, 7) is 8.48. The number of carboxylic acids is 3. The third-order valence-corrected chi connectivity index (χ3v) is 4.32. The van der Waals surface area contributed by atoms with Gasteiger partial charge in [-0.15, -0.1) is 0 Å². The van der Waals surface area contributed by atoms with Crippen LogP contribution in [0.4, 0.5) is 0 Å². The van der Waals surface area contributed by atoms with E-state index in [2.05, 4.69) is 6.92 Å². The number of hydrogen-bond donors (Lipinski definition) is 9. The van der Waals surface area contributed by atoms with Crippen LogP contribution in [-0.4, -0.2) is 101 Å². The monoisotopic (exact) mass is 525 g/mol. The van der Waals surface area contributed by atoms with Crippen molar-refractivity contribution in [2.75, 3.05) is 39.3 Å². The second-order valence-corrected chi connectivity index (χ2v) is 7.89. The average Bonchev–Trinajstić information content (AvgIpc) is 2.79. The Morgan fingerprint density at radius 1 is 0.722 bits per heavy atom. The Balaban J connectivity index is -0.000000194. The number of rotatable bonds is 16. The van der Waals surface area contributed by atoms with Gasteiger partial charge in [-0.3, -0.25) is 24.1 Å². The van der Waals surface area contributed by atoms with Gasteiger partial charge in [-0.1, -0.05) is 33.1 Å². The van der Waals surface area contributed by atoms with Gasteiger partial charge in [0.1, 0.15) is 17.9 Å². The van der Waals surface area contributed by atoms with Crippen molar-refractivity contribution in [1.29, 1.82) is 0 Å². The van der Waals surface area contributed by atoms with Gasteiger partial charge in [0, 0.05) is 19.6 Å². The van der Waals surface area contributed by atoms with E-state index in [0.717, 1.165) is 19.5 Å². The van der Waals surface area contributed by atoms with Gasteiger partial charge < -0.3 is 49.7 Å². The Morgan fingerprint density at radius 3 is 1.53 bits per heavy atom. The average molecular weight is 526 g/mol. The fourth-order valence-electron chi connectivity index (χ4n) is 2.17. The third kappa shape index (κ3) is 34.0. The van der Waals surface area contributed by atoms with Gasteiger partial charge in [0.25, 0.3) is 0 Å². The van der Waals surface area contributed by atoms with Gasteiger partial charge in [-0.25, -0.2) is 0 Å². The molecule has 0 aliphatic carbocycles.